The molecule has 332 valence electrons. The summed E-state index contributed by atoms with van der Waals surface area (Å²) in [5.74, 6) is -1.29. The van der Waals surface area contributed by atoms with Gasteiger partial charge in [-0.2, -0.15) is 8.42 Å². The molecule has 0 radical (unpaired) electrons. The number of hydrogen-bond acceptors (Lipinski definition) is 9. The lowest BCUT2D eigenvalue weighted by Gasteiger charge is -2.25. The molecule has 4 amide bonds. The zero-order chi connectivity index (χ0) is 45.2. The maximum Gasteiger partial charge on any atom is 0.409 e. The van der Waals surface area contributed by atoms with E-state index in [4.69, 9.17) is 13.7 Å². The first kappa shape index (κ1) is 50.8. The van der Waals surface area contributed by atoms with Crippen LogP contribution in [-0.2, 0) is 31.0 Å². The van der Waals surface area contributed by atoms with E-state index in [1.807, 2.05) is 27.7 Å². The summed E-state index contributed by atoms with van der Waals surface area (Å²) in [5.41, 5.74) is 3.68. The number of ether oxygens (including phenoxy) is 2. The van der Waals surface area contributed by atoms with Crippen molar-refractivity contribution >= 4 is 34.3 Å². The normalized spacial score (nSPS) is 12.8. The molecule has 14 heteroatoms. The van der Waals surface area contributed by atoms with E-state index in [2.05, 4.69) is 74.3 Å². The highest BCUT2D eigenvalue weighted by Crippen LogP contribution is 2.37. The number of alkyl carbamates (subject to hydrolysis) is 2. The molecule has 0 aliphatic carbocycles. The van der Waals surface area contributed by atoms with Crippen LogP contribution in [0.5, 0.6) is 5.75 Å². The second-order valence-corrected chi connectivity index (χ2v) is 20.1. The van der Waals surface area contributed by atoms with E-state index < -0.39 is 51.7 Å². The Morgan fingerprint density at radius 2 is 1.10 bits per heavy atom. The minimum atomic E-state index is -4.66. The lowest BCUT2D eigenvalue weighted by molar-refractivity contribution is -0.118. The molecule has 59 heavy (non-hydrogen) atoms. The smallest absolute Gasteiger partial charge is 0.409 e. The summed E-state index contributed by atoms with van der Waals surface area (Å²) in [6.07, 6.45) is -0.875. The topological polar surface area (TPSA) is 178 Å². The molecule has 4 N–H and O–H groups in total. The predicted octanol–water partition coefficient (Wildman–Crippen LogP) is 9.56. The highest BCUT2D eigenvalue weighted by atomic mass is 32.2. The number of unbranched alkanes of at least 4 members (excludes halogenated alkanes) is 1. The molecule has 2 aromatic rings. The SMILES string of the molecule is CC(C)c1cc(C(C)C)c(CC(=O)NS(=O)(=O)Oc2c(C(C)C)cc(C(=O)NC(CCCCNC(=O)OC(C)(C)C)NC(=O)OC(C)(C)C)cc2C(C)C)c(C(C)C)c1. The van der Waals surface area contributed by atoms with Gasteiger partial charge in [0.15, 0.2) is 5.75 Å². The third kappa shape index (κ3) is 17.1. The molecule has 2 rings (SSSR count). The summed E-state index contributed by atoms with van der Waals surface area (Å²) < 4.78 is 45.9. The standard InChI is InChI=1S/C45H72N4O9S/c1-26(2)31-21-33(27(3)4)37(34(22-31)28(5)6)25-39(50)49-59(54,55)58-40-35(29(7)8)23-32(24-36(40)30(9)10)41(51)47-38(48-43(53)57-45(14,15)16)19-17-18-20-46-42(52)56-44(11,12)13/h21-24,26-30,38H,17-20,25H2,1-16H3,(H,46,52)(H,47,51)(H,48,53)(H,49,50). The van der Waals surface area contributed by atoms with Crippen LogP contribution in [0.4, 0.5) is 9.59 Å². The van der Waals surface area contributed by atoms with Crippen molar-refractivity contribution < 1.29 is 41.3 Å². The Morgan fingerprint density at radius 1 is 0.627 bits per heavy atom. The number of carbonyl (C=O) groups is 4. The van der Waals surface area contributed by atoms with E-state index in [-0.39, 0.29) is 47.3 Å². The first-order valence-corrected chi connectivity index (χ1v) is 22.3. The Hall–Kier alpha value is -4.33. The summed E-state index contributed by atoms with van der Waals surface area (Å²) in [6, 6.07) is 7.35. The Morgan fingerprint density at radius 3 is 1.54 bits per heavy atom. The zero-order valence-corrected chi connectivity index (χ0v) is 39.2. The van der Waals surface area contributed by atoms with E-state index >= 15 is 0 Å². The van der Waals surface area contributed by atoms with Gasteiger partial charge in [0.05, 0.1) is 6.42 Å². The maximum absolute atomic E-state index is 13.9. The van der Waals surface area contributed by atoms with Crippen LogP contribution in [-0.4, -0.2) is 56.3 Å². The Balaban J connectivity index is 2.40. The van der Waals surface area contributed by atoms with Crippen LogP contribution in [0, 0.1) is 0 Å². The minimum Gasteiger partial charge on any atom is -0.444 e. The number of nitrogens with one attached hydrogen (secondary N) is 4. The third-order valence-corrected chi connectivity index (χ3v) is 10.1. The molecule has 0 fully saturated rings. The molecule has 0 aliphatic rings. The number of rotatable bonds is 18. The molecule has 13 nitrogen and oxygen atoms in total. The third-order valence-electron chi connectivity index (χ3n) is 9.26. The molecule has 0 saturated carbocycles. The number of benzene rings is 2. The van der Waals surface area contributed by atoms with Gasteiger partial charge in [0, 0.05) is 12.1 Å². The van der Waals surface area contributed by atoms with Gasteiger partial charge in [-0.25, -0.2) is 14.3 Å². The molecular formula is C45H72N4O9S. The van der Waals surface area contributed by atoms with Crippen LogP contribution in [0.2, 0.25) is 0 Å². The van der Waals surface area contributed by atoms with Crippen molar-refractivity contribution in [2.75, 3.05) is 6.54 Å². The Bertz CT molecular complexity index is 1830. The molecule has 2 aromatic carbocycles. The van der Waals surface area contributed by atoms with Crippen molar-refractivity contribution in [3.8, 4) is 5.75 Å². The van der Waals surface area contributed by atoms with Gasteiger partial charge in [0.2, 0.25) is 5.91 Å². The lowest BCUT2D eigenvalue weighted by atomic mass is 9.83. The fourth-order valence-corrected chi connectivity index (χ4v) is 7.19. The van der Waals surface area contributed by atoms with E-state index in [0.29, 0.717) is 36.9 Å². The minimum absolute atomic E-state index is 0.0415. The van der Waals surface area contributed by atoms with Crippen molar-refractivity contribution in [1.29, 1.82) is 0 Å². The molecule has 0 spiro atoms. The highest BCUT2D eigenvalue weighted by molar-refractivity contribution is 7.85. The van der Waals surface area contributed by atoms with Crippen molar-refractivity contribution in [3.05, 3.63) is 63.2 Å². The average Bonchev–Trinajstić information content (AvgIpc) is 3.05. The second kappa shape index (κ2) is 21.3. The molecule has 1 atom stereocenters. The van der Waals surface area contributed by atoms with Gasteiger partial charge in [-0.1, -0.05) is 81.4 Å². The zero-order valence-electron chi connectivity index (χ0n) is 38.4. The van der Waals surface area contributed by atoms with Gasteiger partial charge >= 0.3 is 22.5 Å². The average molecular weight is 845 g/mol. The molecular weight excluding hydrogens is 773 g/mol. The van der Waals surface area contributed by atoms with Gasteiger partial charge < -0.3 is 29.6 Å². The fourth-order valence-electron chi connectivity index (χ4n) is 6.39. The van der Waals surface area contributed by atoms with Gasteiger partial charge in [0.25, 0.3) is 5.91 Å². The maximum atomic E-state index is 13.9. The summed E-state index contributed by atoms with van der Waals surface area (Å²) in [5, 5.41) is 8.33. The first-order valence-electron chi connectivity index (χ1n) is 20.9. The number of carbonyl (C=O) groups excluding carboxylic acids is 4. The predicted molar refractivity (Wildman–Crippen MR) is 233 cm³/mol. The van der Waals surface area contributed by atoms with E-state index in [1.54, 1.807) is 53.7 Å². The Kier molecular flexibility index (Phi) is 18.3. The molecule has 1 unspecified atom stereocenters. The summed E-state index contributed by atoms with van der Waals surface area (Å²) >= 11 is 0. The Labute approximate surface area is 354 Å². The van der Waals surface area contributed by atoms with Crippen molar-refractivity contribution in [2.45, 2.75) is 183 Å². The molecule has 0 aromatic heterocycles. The monoisotopic (exact) mass is 845 g/mol. The fraction of sp³-hybridized carbons (Fsp3) is 0.644. The summed E-state index contributed by atoms with van der Waals surface area (Å²) in [4.78, 5) is 52.3. The number of amides is 4. The van der Waals surface area contributed by atoms with Crippen LogP contribution in [0.15, 0.2) is 24.3 Å². The van der Waals surface area contributed by atoms with E-state index in [9.17, 15) is 27.6 Å². The lowest BCUT2D eigenvalue weighted by Crippen LogP contribution is -2.49. The van der Waals surface area contributed by atoms with Crippen LogP contribution >= 0.6 is 0 Å². The second-order valence-electron chi connectivity index (χ2n) is 18.8. The molecule has 0 bridgehead atoms. The first-order chi connectivity index (χ1) is 27.0. The summed E-state index contributed by atoms with van der Waals surface area (Å²) in [7, 11) is -4.66. The van der Waals surface area contributed by atoms with Gasteiger partial charge in [0.1, 0.15) is 17.4 Å². The largest absolute Gasteiger partial charge is 0.444 e. The van der Waals surface area contributed by atoms with Gasteiger partial charge in [-0.3, -0.25) is 9.59 Å². The number of hydrogen-bond donors (Lipinski definition) is 4. The molecule has 0 heterocycles. The van der Waals surface area contributed by atoms with E-state index in [1.165, 1.54) is 0 Å². The van der Waals surface area contributed by atoms with Gasteiger partial charge in [-0.05, 0) is 136 Å². The van der Waals surface area contributed by atoms with Crippen molar-refractivity contribution in [1.82, 2.24) is 20.7 Å². The van der Waals surface area contributed by atoms with Crippen LogP contribution in [0.3, 0.4) is 0 Å². The molecule has 0 saturated heterocycles. The molecule has 0 aliphatic heterocycles. The summed E-state index contributed by atoms with van der Waals surface area (Å²) in [6.45, 7) is 30.7. The van der Waals surface area contributed by atoms with Crippen LogP contribution < -0.4 is 24.9 Å². The highest BCUT2D eigenvalue weighted by Gasteiger charge is 2.28. The van der Waals surface area contributed by atoms with Crippen LogP contribution in [0.25, 0.3) is 0 Å². The van der Waals surface area contributed by atoms with Crippen LogP contribution in [0.1, 0.15) is 203 Å². The van der Waals surface area contributed by atoms with Gasteiger partial charge in [-0.15, -0.1) is 0 Å². The van der Waals surface area contributed by atoms with E-state index in [0.717, 1.165) is 22.3 Å². The van der Waals surface area contributed by atoms with Crippen molar-refractivity contribution in [2.24, 2.45) is 0 Å². The van der Waals surface area contributed by atoms with Crippen molar-refractivity contribution in [3.63, 3.8) is 0 Å². The quantitative estimate of drug-likeness (QED) is 0.0840.